The van der Waals surface area contributed by atoms with Gasteiger partial charge in [0.1, 0.15) is 0 Å². The van der Waals surface area contributed by atoms with Crippen molar-refractivity contribution >= 4 is 5.91 Å². The normalized spacial score (nSPS) is 10.9. The van der Waals surface area contributed by atoms with Crippen molar-refractivity contribution < 1.29 is 4.79 Å². The zero-order valence-corrected chi connectivity index (χ0v) is 18.6. The van der Waals surface area contributed by atoms with E-state index in [9.17, 15) is 4.79 Å². The molecule has 0 saturated heterocycles. The molecule has 0 atom stereocenters. The quantitative estimate of drug-likeness (QED) is 0.369. The third-order valence-corrected chi connectivity index (χ3v) is 5.81. The Morgan fingerprint density at radius 3 is 2.40 bits per heavy atom. The van der Waals surface area contributed by atoms with Crippen LogP contribution in [-0.4, -0.2) is 21.9 Å². The number of carbonyl (C=O) groups is 1. The zero-order chi connectivity index (χ0) is 21.3. The van der Waals surface area contributed by atoms with Crippen molar-refractivity contribution in [3.63, 3.8) is 0 Å². The third-order valence-electron chi connectivity index (χ3n) is 5.81. The number of aryl methyl sites for hydroxylation is 2. The van der Waals surface area contributed by atoms with Crippen LogP contribution in [0.5, 0.6) is 0 Å². The Labute approximate surface area is 181 Å². The minimum Gasteiger partial charge on any atom is -0.345 e. The van der Waals surface area contributed by atoms with Gasteiger partial charge in [-0.1, -0.05) is 63.1 Å². The van der Waals surface area contributed by atoms with Crippen LogP contribution < -0.4 is 0 Å². The second-order valence-electron chi connectivity index (χ2n) is 8.04. The van der Waals surface area contributed by atoms with Crippen LogP contribution in [0.4, 0.5) is 0 Å². The molecule has 0 unspecified atom stereocenters. The molecule has 0 aliphatic heterocycles. The summed E-state index contributed by atoms with van der Waals surface area (Å²) in [6, 6.07) is 20.8. The summed E-state index contributed by atoms with van der Waals surface area (Å²) in [5.74, 6) is 0.123. The molecule has 0 radical (unpaired) electrons. The number of carbonyl (C=O) groups excluding carboxylic acids is 1. The van der Waals surface area contributed by atoms with E-state index in [1.807, 2.05) is 17.0 Å². The van der Waals surface area contributed by atoms with Gasteiger partial charge in [0, 0.05) is 30.5 Å². The van der Waals surface area contributed by atoms with Crippen LogP contribution in [0.1, 0.15) is 65.9 Å². The number of amides is 1. The van der Waals surface area contributed by atoms with Crippen molar-refractivity contribution in [3.8, 4) is 0 Å². The molecule has 2 aromatic carbocycles. The summed E-state index contributed by atoms with van der Waals surface area (Å²) in [4.78, 5) is 15.3. The Kier molecular flexibility index (Phi) is 7.89. The van der Waals surface area contributed by atoms with E-state index in [0.29, 0.717) is 6.54 Å². The number of nitrogens with zero attached hydrogens (tertiary/aromatic N) is 2. The van der Waals surface area contributed by atoms with Gasteiger partial charge in [-0.25, -0.2) is 0 Å². The minimum atomic E-state index is 0.123. The molecule has 1 amide bonds. The lowest BCUT2D eigenvalue weighted by Gasteiger charge is -2.24. The molecule has 0 N–H and O–H groups in total. The number of aromatic nitrogens is 1. The van der Waals surface area contributed by atoms with E-state index < -0.39 is 0 Å². The zero-order valence-electron chi connectivity index (χ0n) is 18.6. The maximum Gasteiger partial charge on any atom is 0.254 e. The fourth-order valence-corrected chi connectivity index (χ4v) is 3.78. The summed E-state index contributed by atoms with van der Waals surface area (Å²) in [6.45, 7) is 8.74. The van der Waals surface area contributed by atoms with Crippen molar-refractivity contribution in [2.24, 2.45) is 0 Å². The third kappa shape index (κ3) is 5.63. The van der Waals surface area contributed by atoms with Crippen LogP contribution in [0.3, 0.4) is 0 Å². The number of hydrogen-bond donors (Lipinski definition) is 0. The van der Waals surface area contributed by atoms with Crippen molar-refractivity contribution in [2.45, 2.75) is 59.5 Å². The molecule has 1 aromatic heterocycles. The van der Waals surface area contributed by atoms with Crippen LogP contribution in [-0.2, 0) is 19.5 Å². The van der Waals surface area contributed by atoms with Crippen molar-refractivity contribution in [1.82, 2.24) is 9.47 Å². The smallest absolute Gasteiger partial charge is 0.254 e. The molecule has 30 heavy (non-hydrogen) atoms. The Hall–Kier alpha value is -2.81. The fraction of sp³-hybridized carbons (Fsp3) is 0.370. The number of unbranched alkanes of at least 4 members (excludes halogenated alkanes) is 2. The highest BCUT2D eigenvalue weighted by Crippen LogP contribution is 2.16. The van der Waals surface area contributed by atoms with E-state index in [4.69, 9.17) is 0 Å². The summed E-state index contributed by atoms with van der Waals surface area (Å²) >= 11 is 0. The molecule has 158 valence electrons. The van der Waals surface area contributed by atoms with Gasteiger partial charge in [0.15, 0.2) is 0 Å². The van der Waals surface area contributed by atoms with Gasteiger partial charge in [-0.15, -0.1) is 0 Å². The topological polar surface area (TPSA) is 25.2 Å². The summed E-state index contributed by atoms with van der Waals surface area (Å²) in [7, 11) is 0. The van der Waals surface area contributed by atoms with Crippen LogP contribution in [0.2, 0.25) is 0 Å². The van der Waals surface area contributed by atoms with Crippen molar-refractivity contribution in [2.75, 3.05) is 6.54 Å². The van der Waals surface area contributed by atoms with E-state index in [0.717, 1.165) is 44.3 Å². The van der Waals surface area contributed by atoms with Gasteiger partial charge < -0.3 is 9.47 Å². The highest BCUT2D eigenvalue weighted by atomic mass is 16.2. The molecule has 0 aliphatic rings. The molecule has 0 fully saturated rings. The summed E-state index contributed by atoms with van der Waals surface area (Å²) in [6.07, 6.45) is 6.43. The predicted octanol–water partition coefficient (Wildman–Crippen LogP) is 6.24. The average molecular weight is 403 g/mol. The maximum absolute atomic E-state index is 13.3. The van der Waals surface area contributed by atoms with E-state index in [1.54, 1.807) is 0 Å². The molecule has 3 rings (SSSR count). The highest BCUT2D eigenvalue weighted by molar-refractivity contribution is 5.94. The van der Waals surface area contributed by atoms with Crippen molar-refractivity contribution in [3.05, 3.63) is 94.8 Å². The first-order valence-corrected chi connectivity index (χ1v) is 11.2. The first kappa shape index (κ1) is 21.9. The number of benzene rings is 2. The standard InChI is InChI=1S/C27H34N2O/c1-4-6-9-18-29(27(30)24-16-14-23(5-2)15-17-24)21-26-13-10-19-28(26)20-25-12-8-7-11-22(25)3/h7-8,10-17,19H,4-6,9,18,20-21H2,1-3H3. The van der Waals surface area contributed by atoms with E-state index in [-0.39, 0.29) is 5.91 Å². The van der Waals surface area contributed by atoms with Gasteiger partial charge in [0.25, 0.3) is 5.91 Å². The predicted molar refractivity (Wildman–Crippen MR) is 125 cm³/mol. The lowest BCUT2D eigenvalue weighted by atomic mass is 10.1. The Balaban J connectivity index is 1.79. The maximum atomic E-state index is 13.3. The van der Waals surface area contributed by atoms with Crippen LogP contribution >= 0.6 is 0 Å². The summed E-state index contributed by atoms with van der Waals surface area (Å²) in [5.41, 5.74) is 5.82. The Morgan fingerprint density at radius 1 is 0.933 bits per heavy atom. The first-order valence-electron chi connectivity index (χ1n) is 11.2. The summed E-state index contributed by atoms with van der Waals surface area (Å²) < 4.78 is 2.27. The van der Waals surface area contributed by atoms with Gasteiger partial charge in [-0.2, -0.15) is 0 Å². The SMILES string of the molecule is CCCCCN(Cc1cccn1Cc1ccccc1C)C(=O)c1ccc(CC)cc1. The Morgan fingerprint density at radius 2 is 1.70 bits per heavy atom. The van der Waals surface area contributed by atoms with Gasteiger partial charge in [0.2, 0.25) is 0 Å². The number of hydrogen-bond acceptors (Lipinski definition) is 1. The first-order chi connectivity index (χ1) is 14.6. The Bertz CT molecular complexity index is 940. The monoisotopic (exact) mass is 402 g/mol. The lowest BCUT2D eigenvalue weighted by molar-refractivity contribution is 0.0736. The van der Waals surface area contributed by atoms with E-state index >= 15 is 0 Å². The molecule has 0 aliphatic carbocycles. The average Bonchev–Trinajstić information content (AvgIpc) is 3.21. The van der Waals surface area contributed by atoms with Gasteiger partial charge in [-0.05, 0) is 60.7 Å². The lowest BCUT2D eigenvalue weighted by Crippen LogP contribution is -2.32. The molecular formula is C27H34N2O. The van der Waals surface area contributed by atoms with Gasteiger partial charge in [0.05, 0.1) is 6.54 Å². The summed E-state index contributed by atoms with van der Waals surface area (Å²) in [5, 5.41) is 0. The van der Waals surface area contributed by atoms with Crippen LogP contribution in [0.15, 0.2) is 66.9 Å². The molecule has 3 nitrogen and oxygen atoms in total. The van der Waals surface area contributed by atoms with Crippen LogP contribution in [0, 0.1) is 6.92 Å². The van der Waals surface area contributed by atoms with Gasteiger partial charge in [-0.3, -0.25) is 4.79 Å². The molecule has 0 spiro atoms. The second kappa shape index (κ2) is 10.8. The van der Waals surface area contributed by atoms with Gasteiger partial charge >= 0.3 is 0 Å². The minimum absolute atomic E-state index is 0.123. The molecular weight excluding hydrogens is 368 g/mol. The fourth-order valence-electron chi connectivity index (χ4n) is 3.78. The largest absolute Gasteiger partial charge is 0.345 e. The highest BCUT2D eigenvalue weighted by Gasteiger charge is 2.17. The molecule has 3 aromatic rings. The number of rotatable bonds is 10. The molecule has 1 heterocycles. The molecule has 3 heteroatoms. The van der Waals surface area contributed by atoms with Crippen LogP contribution in [0.25, 0.3) is 0 Å². The molecule has 0 saturated carbocycles. The second-order valence-corrected chi connectivity index (χ2v) is 8.04. The van der Waals surface area contributed by atoms with E-state index in [2.05, 4.69) is 80.1 Å². The van der Waals surface area contributed by atoms with E-state index in [1.165, 1.54) is 22.4 Å². The van der Waals surface area contributed by atoms with Crippen molar-refractivity contribution in [1.29, 1.82) is 0 Å². The molecule has 0 bridgehead atoms.